The molecule has 0 saturated heterocycles. The molecule has 0 amide bonds. The molecular formula is C31H24CeN7S+2. The van der Waals surface area contributed by atoms with E-state index >= 15 is 0 Å². The van der Waals surface area contributed by atoms with Gasteiger partial charge in [-0.15, -0.1) is 0 Å². The summed E-state index contributed by atoms with van der Waals surface area (Å²) in [7, 11) is 0. The van der Waals surface area contributed by atoms with Gasteiger partial charge in [0.25, 0.3) is 0 Å². The summed E-state index contributed by atoms with van der Waals surface area (Å²) in [6.07, 6.45) is 10.6. The van der Waals surface area contributed by atoms with Gasteiger partial charge in [0, 0.05) is 37.2 Å². The summed E-state index contributed by atoms with van der Waals surface area (Å²) >= 11 is 3.70. The maximum Gasteiger partial charge on any atom is 3.00 e. The molecule has 0 aliphatic rings. The number of nitriles is 1. The van der Waals surface area contributed by atoms with Crippen molar-refractivity contribution in [2.45, 2.75) is 0 Å². The Hall–Kier alpha value is -4.01. The first-order valence-corrected chi connectivity index (χ1v) is 12.2. The van der Waals surface area contributed by atoms with E-state index in [0.29, 0.717) is 0 Å². The Morgan fingerprint density at radius 3 is 0.625 bits per heavy atom. The molecule has 0 aliphatic heterocycles. The number of pyridine rings is 6. The SMILES string of the molecule is N#C[S-].[Ce+3].c1ccc(-c2ccccn2)nc1.c1ccc(-c2ccccn2)nc1.c1ccc(-c2ccccn2)nc1. The summed E-state index contributed by atoms with van der Waals surface area (Å²) in [5.41, 5.74) is 5.49. The molecule has 191 valence electrons. The molecule has 1 radical (unpaired) electrons. The monoisotopic (exact) mass is 666 g/mol. The molecule has 9 heteroatoms. The third-order valence-corrected chi connectivity index (χ3v) is 4.78. The van der Waals surface area contributed by atoms with E-state index < -0.39 is 0 Å². The van der Waals surface area contributed by atoms with Gasteiger partial charge in [-0.25, -0.2) is 5.26 Å². The van der Waals surface area contributed by atoms with Crippen LogP contribution in [0.15, 0.2) is 146 Å². The zero-order valence-electron chi connectivity index (χ0n) is 21.4. The Bertz CT molecular complexity index is 1200. The van der Waals surface area contributed by atoms with Crippen LogP contribution in [0.4, 0.5) is 0 Å². The van der Waals surface area contributed by atoms with Crippen molar-refractivity contribution in [3.8, 4) is 39.6 Å². The van der Waals surface area contributed by atoms with Crippen molar-refractivity contribution >= 4 is 12.6 Å². The van der Waals surface area contributed by atoms with Crippen LogP contribution in [0, 0.1) is 52.4 Å². The fraction of sp³-hybridized carbons (Fsp3) is 0. The molecular weight excluding hydrogens is 643 g/mol. The second kappa shape index (κ2) is 20.0. The first-order valence-electron chi connectivity index (χ1n) is 11.8. The van der Waals surface area contributed by atoms with Crippen LogP contribution in [-0.2, 0) is 12.6 Å². The van der Waals surface area contributed by atoms with Crippen molar-refractivity contribution in [2.75, 3.05) is 0 Å². The molecule has 7 nitrogen and oxygen atoms in total. The summed E-state index contributed by atoms with van der Waals surface area (Å²) in [6, 6.07) is 34.8. The van der Waals surface area contributed by atoms with E-state index in [1.54, 1.807) is 37.2 Å². The summed E-state index contributed by atoms with van der Waals surface area (Å²) < 4.78 is 0. The molecule has 6 rings (SSSR count). The number of hydrogen-bond acceptors (Lipinski definition) is 8. The van der Waals surface area contributed by atoms with Gasteiger partial charge in [-0.1, -0.05) is 41.8 Å². The molecule has 0 atom stereocenters. The number of rotatable bonds is 3. The zero-order chi connectivity index (χ0) is 27.4. The third kappa shape index (κ3) is 11.8. The van der Waals surface area contributed by atoms with E-state index in [0.717, 1.165) is 34.2 Å². The smallest absolute Gasteiger partial charge is 0.696 e. The van der Waals surface area contributed by atoms with Gasteiger partial charge in [0.2, 0.25) is 0 Å². The maximum atomic E-state index is 7.13. The Morgan fingerprint density at radius 2 is 0.525 bits per heavy atom. The van der Waals surface area contributed by atoms with E-state index in [9.17, 15) is 0 Å². The number of nitrogens with zero attached hydrogens (tertiary/aromatic N) is 7. The molecule has 0 spiro atoms. The van der Waals surface area contributed by atoms with Gasteiger partial charge in [0.15, 0.2) is 0 Å². The van der Waals surface area contributed by atoms with Gasteiger partial charge in [-0.2, -0.15) is 0 Å². The van der Waals surface area contributed by atoms with Gasteiger partial charge in [0.1, 0.15) is 0 Å². The molecule has 0 unspecified atom stereocenters. The van der Waals surface area contributed by atoms with Gasteiger partial charge in [0.05, 0.1) is 34.2 Å². The summed E-state index contributed by atoms with van der Waals surface area (Å²) in [4.78, 5) is 25.1. The van der Waals surface area contributed by atoms with Crippen LogP contribution >= 0.6 is 0 Å². The van der Waals surface area contributed by atoms with Crippen LogP contribution in [-0.4, -0.2) is 29.9 Å². The Balaban J connectivity index is 0.000000198. The largest absolute Gasteiger partial charge is 3.00 e. The average Bonchev–Trinajstić information content (AvgIpc) is 3.05. The standard InChI is InChI=1S/3C10H8N2.CHNS.Ce/c3*1-3-7-11-9(5-1)10-6-2-4-8-12-10;2-1-3;/h3*1-8H;3H;/q;;;;+3/p-1. The summed E-state index contributed by atoms with van der Waals surface area (Å²) in [6.45, 7) is 0. The van der Waals surface area contributed by atoms with Gasteiger partial charge in [-0.3, -0.25) is 29.9 Å². The van der Waals surface area contributed by atoms with Crippen LogP contribution in [0.25, 0.3) is 34.2 Å². The van der Waals surface area contributed by atoms with Crippen LogP contribution in [0.5, 0.6) is 0 Å². The maximum absolute atomic E-state index is 7.13. The first kappa shape index (κ1) is 32.2. The second-order valence-corrected chi connectivity index (χ2v) is 7.56. The van der Waals surface area contributed by atoms with E-state index in [1.807, 2.05) is 109 Å². The molecule has 6 heterocycles. The molecule has 6 aromatic rings. The second-order valence-electron chi connectivity index (χ2n) is 7.38. The minimum atomic E-state index is 0. The molecule has 6 aromatic heterocycles. The van der Waals surface area contributed by atoms with Crippen LogP contribution in [0.3, 0.4) is 0 Å². The predicted molar refractivity (Wildman–Crippen MR) is 155 cm³/mol. The first-order chi connectivity index (χ1) is 19.3. The number of hydrogen-bond donors (Lipinski definition) is 0. The molecule has 0 aliphatic carbocycles. The normalized spacial score (nSPS) is 8.88. The van der Waals surface area contributed by atoms with E-state index in [-0.39, 0.29) is 41.7 Å². The molecule has 0 aromatic carbocycles. The molecule has 0 fully saturated rings. The van der Waals surface area contributed by atoms with Crippen LogP contribution < -0.4 is 0 Å². The van der Waals surface area contributed by atoms with Gasteiger partial charge in [-0.05, 0) is 72.8 Å². The van der Waals surface area contributed by atoms with Gasteiger partial charge < -0.3 is 12.6 Å². The average molecular weight is 667 g/mol. The summed E-state index contributed by atoms with van der Waals surface area (Å²) in [5, 5.41) is 8.47. The fourth-order valence-corrected chi connectivity index (χ4v) is 3.09. The quantitative estimate of drug-likeness (QED) is 0.157. The topological polar surface area (TPSA) is 101 Å². The minimum absolute atomic E-state index is 0. The van der Waals surface area contributed by atoms with Crippen LogP contribution in [0.1, 0.15) is 0 Å². The van der Waals surface area contributed by atoms with E-state index in [4.69, 9.17) is 5.26 Å². The third-order valence-electron chi connectivity index (χ3n) is 4.78. The van der Waals surface area contributed by atoms with Crippen LogP contribution in [0.2, 0.25) is 0 Å². The van der Waals surface area contributed by atoms with Gasteiger partial charge >= 0.3 is 41.7 Å². The fourth-order valence-electron chi connectivity index (χ4n) is 3.09. The van der Waals surface area contributed by atoms with E-state index in [1.165, 1.54) is 5.40 Å². The van der Waals surface area contributed by atoms with Crippen molar-refractivity contribution in [1.82, 2.24) is 29.9 Å². The summed E-state index contributed by atoms with van der Waals surface area (Å²) in [5.74, 6) is 0. The van der Waals surface area contributed by atoms with Crippen molar-refractivity contribution < 1.29 is 41.7 Å². The van der Waals surface area contributed by atoms with Crippen molar-refractivity contribution in [3.05, 3.63) is 146 Å². The molecule has 0 N–H and O–H groups in total. The molecule has 40 heavy (non-hydrogen) atoms. The number of aromatic nitrogens is 6. The molecule has 0 bridgehead atoms. The number of thiocyanates is 1. The minimum Gasteiger partial charge on any atom is -0.696 e. The van der Waals surface area contributed by atoms with Crippen molar-refractivity contribution in [3.63, 3.8) is 0 Å². The van der Waals surface area contributed by atoms with Crippen molar-refractivity contribution in [1.29, 1.82) is 5.26 Å². The zero-order valence-corrected chi connectivity index (χ0v) is 25.4. The molecule has 0 saturated carbocycles. The van der Waals surface area contributed by atoms with E-state index in [2.05, 4.69) is 42.5 Å². The Morgan fingerprint density at radius 1 is 0.375 bits per heavy atom. The Kier molecular flexibility index (Phi) is 16.1. The Labute approximate surface area is 273 Å². The predicted octanol–water partition coefficient (Wildman–Crippen LogP) is 6.45. The van der Waals surface area contributed by atoms with Crippen molar-refractivity contribution in [2.24, 2.45) is 0 Å².